The fraction of sp³-hybridized carbons (Fsp3) is 0.500. The van der Waals surface area contributed by atoms with Gasteiger partial charge in [-0.25, -0.2) is 8.42 Å². The second kappa shape index (κ2) is 7.30. The molecule has 0 aliphatic carbocycles. The zero-order valence-corrected chi connectivity index (χ0v) is 14.3. The van der Waals surface area contributed by atoms with Crippen molar-refractivity contribution in [1.82, 2.24) is 5.32 Å². The Morgan fingerprint density at radius 1 is 1.24 bits per heavy atom. The zero-order valence-electron chi connectivity index (χ0n) is 13.5. The van der Waals surface area contributed by atoms with Crippen LogP contribution in [0.5, 0.6) is 11.5 Å². The monoisotopic (exact) mass is 369 g/mol. The first-order valence-electron chi connectivity index (χ1n) is 7.92. The third-order valence-electron chi connectivity index (χ3n) is 4.07. The van der Waals surface area contributed by atoms with Crippen LogP contribution in [0.3, 0.4) is 0 Å². The molecule has 0 aromatic heterocycles. The number of amides is 1. The first kappa shape index (κ1) is 17.5. The molecule has 2 aliphatic heterocycles. The average molecular weight is 369 g/mol. The van der Waals surface area contributed by atoms with Crippen molar-refractivity contribution in [3.8, 4) is 11.5 Å². The van der Waals surface area contributed by atoms with Crippen LogP contribution in [-0.4, -0.2) is 45.2 Å². The van der Waals surface area contributed by atoms with Crippen molar-refractivity contribution in [2.45, 2.75) is 19.4 Å². The Labute approximate surface area is 145 Å². The van der Waals surface area contributed by atoms with Gasteiger partial charge in [-0.05, 0) is 30.0 Å². The van der Waals surface area contributed by atoms with E-state index in [0.29, 0.717) is 17.9 Å². The van der Waals surface area contributed by atoms with Crippen molar-refractivity contribution >= 4 is 21.7 Å². The summed E-state index contributed by atoms with van der Waals surface area (Å²) >= 11 is 0. The summed E-state index contributed by atoms with van der Waals surface area (Å²) in [7, 11) is -3.02. The summed E-state index contributed by atoms with van der Waals surface area (Å²) < 4.78 is 38.1. The van der Waals surface area contributed by atoms with Crippen molar-refractivity contribution in [3.63, 3.8) is 0 Å². The van der Waals surface area contributed by atoms with Crippen LogP contribution in [0.2, 0.25) is 0 Å². The predicted octanol–water partition coefficient (Wildman–Crippen LogP) is 0.400. The summed E-state index contributed by atoms with van der Waals surface area (Å²) in [5.74, 6) is 0.224. The van der Waals surface area contributed by atoms with Gasteiger partial charge in [0.2, 0.25) is 6.79 Å². The van der Waals surface area contributed by atoms with Crippen LogP contribution in [0.15, 0.2) is 18.2 Å². The number of carbonyl (C=O) groups excluding carboxylic acids is 2. The van der Waals surface area contributed by atoms with Crippen LogP contribution in [0, 0.1) is 5.92 Å². The molecule has 2 heterocycles. The highest BCUT2D eigenvalue weighted by molar-refractivity contribution is 7.91. The number of hydrogen-bond donors (Lipinski definition) is 1. The maximum atomic E-state index is 11.8. The molecule has 0 saturated carbocycles. The van der Waals surface area contributed by atoms with E-state index in [4.69, 9.17) is 14.2 Å². The molecule has 9 heteroatoms. The van der Waals surface area contributed by atoms with E-state index in [0.717, 1.165) is 5.56 Å². The summed E-state index contributed by atoms with van der Waals surface area (Å²) in [6, 6.07) is 5.34. The predicted molar refractivity (Wildman–Crippen MR) is 86.7 cm³/mol. The van der Waals surface area contributed by atoms with Gasteiger partial charge >= 0.3 is 5.97 Å². The highest BCUT2D eigenvalue weighted by atomic mass is 32.2. The molecule has 0 unspecified atom stereocenters. The maximum Gasteiger partial charge on any atom is 0.306 e. The molecule has 1 amide bonds. The quantitative estimate of drug-likeness (QED) is 0.723. The number of rotatable bonds is 6. The van der Waals surface area contributed by atoms with E-state index in [1.165, 1.54) is 0 Å². The van der Waals surface area contributed by atoms with Gasteiger partial charge in [0.05, 0.1) is 11.5 Å². The molecule has 136 valence electrons. The van der Waals surface area contributed by atoms with E-state index >= 15 is 0 Å². The smallest absolute Gasteiger partial charge is 0.306 e. The minimum Gasteiger partial charge on any atom is -0.456 e. The van der Waals surface area contributed by atoms with E-state index in [2.05, 4.69) is 5.32 Å². The van der Waals surface area contributed by atoms with Gasteiger partial charge in [-0.15, -0.1) is 0 Å². The molecule has 0 radical (unpaired) electrons. The molecular weight excluding hydrogens is 350 g/mol. The molecule has 3 rings (SSSR count). The van der Waals surface area contributed by atoms with Crippen LogP contribution in [0.25, 0.3) is 0 Å². The first-order valence-corrected chi connectivity index (χ1v) is 9.75. The minimum absolute atomic E-state index is 0.0123. The summed E-state index contributed by atoms with van der Waals surface area (Å²) in [5, 5.41) is 2.64. The molecular formula is C16H19NO7S. The molecule has 1 fully saturated rings. The number of ether oxygens (including phenoxy) is 3. The van der Waals surface area contributed by atoms with Crippen LogP contribution < -0.4 is 14.8 Å². The number of fused-ring (bicyclic) bond motifs is 1. The minimum atomic E-state index is -3.02. The van der Waals surface area contributed by atoms with Crippen LogP contribution in [0.4, 0.5) is 0 Å². The van der Waals surface area contributed by atoms with Crippen LogP contribution >= 0.6 is 0 Å². The fourth-order valence-corrected chi connectivity index (χ4v) is 4.64. The number of benzene rings is 1. The normalized spacial score (nSPS) is 20.2. The van der Waals surface area contributed by atoms with Crippen molar-refractivity contribution < 1.29 is 32.2 Å². The van der Waals surface area contributed by atoms with Gasteiger partial charge in [-0.3, -0.25) is 9.59 Å². The second-order valence-corrected chi connectivity index (χ2v) is 8.33. The van der Waals surface area contributed by atoms with Crippen molar-refractivity contribution in [2.75, 3.05) is 24.9 Å². The Kier molecular flexibility index (Phi) is 5.12. The Morgan fingerprint density at radius 3 is 2.80 bits per heavy atom. The van der Waals surface area contributed by atoms with Gasteiger partial charge in [-0.1, -0.05) is 6.07 Å². The highest BCUT2D eigenvalue weighted by Crippen LogP contribution is 2.32. The van der Waals surface area contributed by atoms with Gasteiger partial charge < -0.3 is 19.5 Å². The van der Waals surface area contributed by atoms with E-state index in [-0.39, 0.29) is 43.8 Å². The Hall–Kier alpha value is -2.29. The molecule has 25 heavy (non-hydrogen) atoms. The van der Waals surface area contributed by atoms with E-state index < -0.39 is 21.7 Å². The zero-order chi connectivity index (χ0) is 17.9. The number of carbonyl (C=O) groups is 2. The van der Waals surface area contributed by atoms with Crippen molar-refractivity contribution in [1.29, 1.82) is 0 Å². The molecule has 1 atom stereocenters. The van der Waals surface area contributed by atoms with Gasteiger partial charge in [0.15, 0.2) is 27.9 Å². The number of hydrogen-bond acceptors (Lipinski definition) is 7. The first-order chi connectivity index (χ1) is 11.9. The highest BCUT2D eigenvalue weighted by Gasteiger charge is 2.30. The number of nitrogens with one attached hydrogen (secondary N) is 1. The third-order valence-corrected chi connectivity index (χ3v) is 5.91. The van der Waals surface area contributed by atoms with E-state index in [9.17, 15) is 18.0 Å². The topological polar surface area (TPSA) is 108 Å². The summed E-state index contributed by atoms with van der Waals surface area (Å²) in [4.78, 5) is 23.4. The summed E-state index contributed by atoms with van der Waals surface area (Å²) in [6.07, 6.45) is 0.489. The summed E-state index contributed by atoms with van der Waals surface area (Å²) in [6.45, 7) is 0.0696. The van der Waals surface area contributed by atoms with Crippen molar-refractivity contribution in [3.05, 3.63) is 23.8 Å². The Morgan fingerprint density at radius 2 is 2.04 bits per heavy atom. The van der Waals surface area contributed by atoms with Gasteiger partial charge in [0.25, 0.3) is 5.91 Å². The second-order valence-electron chi connectivity index (χ2n) is 6.10. The maximum absolute atomic E-state index is 11.8. The molecule has 1 N–H and O–H groups in total. The Balaban J connectivity index is 1.37. The van der Waals surface area contributed by atoms with E-state index in [1.807, 2.05) is 0 Å². The van der Waals surface area contributed by atoms with Gasteiger partial charge in [-0.2, -0.15) is 0 Å². The number of sulfone groups is 1. The van der Waals surface area contributed by atoms with E-state index in [1.54, 1.807) is 18.2 Å². The Bertz CT molecular complexity index is 775. The van der Waals surface area contributed by atoms with Crippen LogP contribution in [-0.2, 0) is 30.7 Å². The third kappa shape index (κ3) is 4.85. The average Bonchev–Trinajstić information content (AvgIpc) is 3.16. The molecule has 1 aromatic rings. The van der Waals surface area contributed by atoms with Gasteiger partial charge in [0, 0.05) is 13.0 Å². The SMILES string of the molecule is O=C(COC(=O)C[C@H]1CCS(=O)(=O)C1)NCc1ccc2c(c1)OCO2. The molecule has 0 spiro atoms. The fourth-order valence-electron chi connectivity index (χ4n) is 2.78. The largest absolute Gasteiger partial charge is 0.456 e. The van der Waals surface area contributed by atoms with Gasteiger partial charge in [0.1, 0.15) is 0 Å². The lowest BCUT2D eigenvalue weighted by Gasteiger charge is -2.09. The molecule has 2 aliphatic rings. The lowest BCUT2D eigenvalue weighted by Crippen LogP contribution is -2.28. The lowest BCUT2D eigenvalue weighted by molar-refractivity contribution is -0.149. The molecule has 1 saturated heterocycles. The lowest BCUT2D eigenvalue weighted by atomic mass is 10.1. The van der Waals surface area contributed by atoms with Crippen molar-refractivity contribution in [2.24, 2.45) is 5.92 Å². The van der Waals surface area contributed by atoms with Crippen LogP contribution in [0.1, 0.15) is 18.4 Å². The summed E-state index contributed by atoms with van der Waals surface area (Å²) in [5.41, 5.74) is 0.833. The standard InChI is InChI=1S/C16H19NO7S/c18-15(8-22-16(19)6-12-3-4-25(20,21)9-12)17-7-11-1-2-13-14(5-11)24-10-23-13/h1-2,5,12H,3-4,6-10H2,(H,17,18)/t12-/m1/s1. The molecule has 0 bridgehead atoms. The molecule has 1 aromatic carbocycles. The number of esters is 1. The molecule has 8 nitrogen and oxygen atoms in total.